The maximum Gasteiger partial charge on any atom is 0.138 e. The average Bonchev–Trinajstić information content (AvgIpc) is 2.67. The molecule has 0 radical (unpaired) electrons. The third kappa shape index (κ3) is 3.12. The Hall–Kier alpha value is -3.15. The summed E-state index contributed by atoms with van der Waals surface area (Å²) in [4.78, 5) is 0. The van der Waals surface area contributed by atoms with Gasteiger partial charge in [-0.25, -0.2) is 0 Å². The molecule has 0 fully saturated rings. The molecule has 0 amide bonds. The summed E-state index contributed by atoms with van der Waals surface area (Å²) in [7, 11) is 0. The Balaban J connectivity index is 2.28. The zero-order valence-electron chi connectivity index (χ0n) is 12.7. The van der Waals surface area contributed by atoms with E-state index in [2.05, 4.69) is 22.3 Å². The second-order valence-corrected chi connectivity index (χ2v) is 5.86. The molecule has 0 aliphatic heterocycles. The number of rotatable bonds is 4. The van der Waals surface area contributed by atoms with Gasteiger partial charge in [-0.05, 0) is 5.56 Å². The number of hydrogen-bond acceptors (Lipinski definition) is 5. The van der Waals surface area contributed by atoms with Gasteiger partial charge < -0.3 is 0 Å². The number of benzene rings is 2. The SMILES string of the molecule is N#CCSc1nnc(-c2ccccc2)c(-c2ccccc2)c1C#N. The quantitative estimate of drug-likeness (QED) is 0.668. The minimum Gasteiger partial charge on any atom is -0.197 e. The summed E-state index contributed by atoms with van der Waals surface area (Å²) in [6.45, 7) is 0. The second kappa shape index (κ2) is 7.41. The Kier molecular flexibility index (Phi) is 4.86. The molecule has 0 N–H and O–H groups in total. The van der Waals surface area contributed by atoms with Crippen molar-refractivity contribution in [2.75, 3.05) is 5.75 Å². The van der Waals surface area contributed by atoms with Crippen LogP contribution in [-0.2, 0) is 0 Å². The van der Waals surface area contributed by atoms with E-state index in [0.717, 1.165) is 16.7 Å². The van der Waals surface area contributed by atoms with Gasteiger partial charge in [0.2, 0.25) is 0 Å². The average molecular weight is 328 g/mol. The Morgan fingerprint density at radius 1 is 0.833 bits per heavy atom. The lowest BCUT2D eigenvalue weighted by atomic mass is 9.96. The Labute approximate surface area is 144 Å². The van der Waals surface area contributed by atoms with Gasteiger partial charge in [-0.1, -0.05) is 72.4 Å². The van der Waals surface area contributed by atoms with Gasteiger partial charge in [0.25, 0.3) is 0 Å². The third-order valence-electron chi connectivity index (χ3n) is 3.44. The van der Waals surface area contributed by atoms with E-state index in [4.69, 9.17) is 5.26 Å². The van der Waals surface area contributed by atoms with Crippen LogP contribution in [-0.4, -0.2) is 16.0 Å². The largest absolute Gasteiger partial charge is 0.197 e. The van der Waals surface area contributed by atoms with Crippen molar-refractivity contribution in [2.24, 2.45) is 0 Å². The number of thioether (sulfide) groups is 1. The lowest BCUT2D eigenvalue weighted by Crippen LogP contribution is -2.00. The standard InChI is InChI=1S/C19H12N4S/c20-11-12-24-19-16(13-21)17(14-7-3-1-4-8-14)18(22-23-19)15-9-5-2-6-10-15/h1-10H,12H2. The van der Waals surface area contributed by atoms with Crippen molar-refractivity contribution in [1.82, 2.24) is 10.2 Å². The molecule has 5 heteroatoms. The number of nitrogens with zero attached hydrogens (tertiary/aromatic N) is 4. The van der Waals surface area contributed by atoms with Crippen LogP contribution in [0.5, 0.6) is 0 Å². The zero-order valence-corrected chi connectivity index (χ0v) is 13.5. The molecule has 24 heavy (non-hydrogen) atoms. The van der Waals surface area contributed by atoms with Crippen LogP contribution >= 0.6 is 11.8 Å². The van der Waals surface area contributed by atoms with Crippen molar-refractivity contribution >= 4 is 11.8 Å². The molecule has 0 bridgehead atoms. The summed E-state index contributed by atoms with van der Waals surface area (Å²) < 4.78 is 0. The van der Waals surface area contributed by atoms with E-state index < -0.39 is 0 Å². The summed E-state index contributed by atoms with van der Waals surface area (Å²) in [5, 5.41) is 27.6. The van der Waals surface area contributed by atoms with E-state index in [0.29, 0.717) is 16.3 Å². The van der Waals surface area contributed by atoms with Crippen LogP contribution in [0.2, 0.25) is 0 Å². The van der Waals surface area contributed by atoms with Crippen molar-refractivity contribution in [3.8, 4) is 34.5 Å². The molecule has 0 saturated heterocycles. The molecule has 0 unspecified atom stereocenters. The first kappa shape index (κ1) is 15.7. The fraction of sp³-hybridized carbons (Fsp3) is 0.0526. The summed E-state index contributed by atoms with van der Waals surface area (Å²) >= 11 is 1.23. The Morgan fingerprint density at radius 3 is 2.04 bits per heavy atom. The molecule has 3 rings (SSSR count). The normalized spacial score (nSPS) is 9.92. The molecule has 3 aromatic rings. The summed E-state index contributed by atoms with van der Waals surface area (Å²) in [6, 6.07) is 23.7. The van der Waals surface area contributed by atoms with Gasteiger partial charge in [-0.3, -0.25) is 0 Å². The smallest absolute Gasteiger partial charge is 0.138 e. The molecule has 0 spiro atoms. The molecule has 4 nitrogen and oxygen atoms in total. The third-order valence-corrected chi connectivity index (χ3v) is 4.27. The van der Waals surface area contributed by atoms with Gasteiger partial charge in [0.15, 0.2) is 0 Å². The summed E-state index contributed by atoms with van der Waals surface area (Å²) in [5.41, 5.74) is 3.67. The summed E-state index contributed by atoms with van der Waals surface area (Å²) in [6.07, 6.45) is 0. The fourth-order valence-electron chi connectivity index (χ4n) is 2.41. The van der Waals surface area contributed by atoms with Gasteiger partial charge in [-0.2, -0.15) is 10.5 Å². The van der Waals surface area contributed by atoms with Crippen LogP contribution in [0.25, 0.3) is 22.4 Å². The van der Waals surface area contributed by atoms with Crippen molar-refractivity contribution < 1.29 is 0 Å². The molecule has 0 aliphatic carbocycles. The zero-order chi connectivity index (χ0) is 16.8. The highest BCUT2D eigenvalue weighted by molar-refractivity contribution is 7.99. The first-order valence-corrected chi connectivity index (χ1v) is 8.25. The highest BCUT2D eigenvalue weighted by Crippen LogP contribution is 2.36. The van der Waals surface area contributed by atoms with Crippen LogP contribution in [0, 0.1) is 22.7 Å². The maximum atomic E-state index is 9.72. The highest BCUT2D eigenvalue weighted by atomic mass is 32.2. The lowest BCUT2D eigenvalue weighted by molar-refractivity contribution is 0.930. The van der Waals surface area contributed by atoms with Gasteiger partial charge in [-0.15, -0.1) is 10.2 Å². The topological polar surface area (TPSA) is 73.4 Å². The minimum atomic E-state index is 0.224. The predicted octanol–water partition coefficient (Wildman–Crippen LogP) is 4.30. The molecule has 0 saturated carbocycles. The Bertz CT molecular complexity index is 925. The molecule has 2 aromatic carbocycles. The van der Waals surface area contributed by atoms with E-state index in [9.17, 15) is 5.26 Å². The van der Waals surface area contributed by atoms with Crippen LogP contribution in [0.15, 0.2) is 65.7 Å². The number of aromatic nitrogens is 2. The fourth-order valence-corrected chi connectivity index (χ4v) is 3.00. The molecule has 0 atom stereocenters. The van der Waals surface area contributed by atoms with Gasteiger partial charge >= 0.3 is 0 Å². The molecule has 114 valence electrons. The van der Waals surface area contributed by atoms with Gasteiger partial charge in [0.1, 0.15) is 16.8 Å². The van der Waals surface area contributed by atoms with E-state index in [-0.39, 0.29) is 5.75 Å². The van der Waals surface area contributed by atoms with Crippen LogP contribution in [0.3, 0.4) is 0 Å². The van der Waals surface area contributed by atoms with Crippen LogP contribution in [0.1, 0.15) is 5.56 Å². The number of hydrogen-bond donors (Lipinski definition) is 0. The van der Waals surface area contributed by atoms with Crippen molar-refractivity contribution in [3.05, 3.63) is 66.2 Å². The van der Waals surface area contributed by atoms with E-state index in [1.54, 1.807) is 0 Å². The maximum absolute atomic E-state index is 9.72. The van der Waals surface area contributed by atoms with Crippen molar-refractivity contribution in [3.63, 3.8) is 0 Å². The minimum absolute atomic E-state index is 0.224. The monoisotopic (exact) mass is 328 g/mol. The predicted molar refractivity (Wildman–Crippen MR) is 94.0 cm³/mol. The molecular weight excluding hydrogens is 316 g/mol. The Morgan fingerprint density at radius 2 is 1.46 bits per heavy atom. The number of nitriles is 2. The van der Waals surface area contributed by atoms with E-state index in [1.165, 1.54) is 11.8 Å². The molecular formula is C19H12N4S. The highest BCUT2D eigenvalue weighted by Gasteiger charge is 2.19. The molecule has 1 heterocycles. The summed E-state index contributed by atoms with van der Waals surface area (Å²) in [5.74, 6) is 0.224. The lowest BCUT2D eigenvalue weighted by Gasteiger charge is -2.12. The van der Waals surface area contributed by atoms with Gasteiger partial charge in [0, 0.05) is 11.1 Å². The van der Waals surface area contributed by atoms with Crippen molar-refractivity contribution in [2.45, 2.75) is 5.03 Å². The second-order valence-electron chi connectivity index (χ2n) is 4.89. The van der Waals surface area contributed by atoms with Crippen LogP contribution < -0.4 is 0 Å². The molecule has 0 aliphatic rings. The van der Waals surface area contributed by atoms with Crippen molar-refractivity contribution in [1.29, 1.82) is 10.5 Å². The first-order valence-electron chi connectivity index (χ1n) is 7.26. The van der Waals surface area contributed by atoms with Gasteiger partial charge in [0.05, 0.1) is 17.4 Å². The van der Waals surface area contributed by atoms with Crippen LogP contribution in [0.4, 0.5) is 0 Å². The van der Waals surface area contributed by atoms with E-state index >= 15 is 0 Å². The first-order chi connectivity index (χ1) is 11.8. The van der Waals surface area contributed by atoms with E-state index in [1.807, 2.05) is 60.7 Å². The molecule has 1 aromatic heterocycles.